The van der Waals surface area contributed by atoms with E-state index in [1.165, 1.54) is 5.56 Å². The van der Waals surface area contributed by atoms with Gasteiger partial charge >= 0.3 is 0 Å². The zero-order valence-electron chi connectivity index (χ0n) is 14.1. The van der Waals surface area contributed by atoms with Crippen molar-refractivity contribution < 1.29 is 4.74 Å². The predicted octanol–water partition coefficient (Wildman–Crippen LogP) is 1.99. The maximum atomic E-state index is 5.19. The highest BCUT2D eigenvalue weighted by Crippen LogP contribution is 2.12. The van der Waals surface area contributed by atoms with E-state index in [-0.39, 0.29) is 0 Å². The standard InChI is InChI=1S/C17H25N5O/c1-4-18-17(19-11-13-22-12-5-10-20-22)21(2)14-15-6-8-16(23-3)9-7-15/h5-10,12H,4,11,13-14H2,1-3H3,(H,18,19). The van der Waals surface area contributed by atoms with E-state index < -0.39 is 0 Å². The van der Waals surface area contributed by atoms with Crippen molar-refractivity contribution in [1.29, 1.82) is 0 Å². The number of methoxy groups -OCH3 is 1. The zero-order chi connectivity index (χ0) is 16.5. The Morgan fingerprint density at radius 3 is 2.74 bits per heavy atom. The average molecular weight is 315 g/mol. The lowest BCUT2D eigenvalue weighted by atomic mass is 10.2. The van der Waals surface area contributed by atoms with Crippen LogP contribution in [0.15, 0.2) is 47.7 Å². The number of aromatic nitrogens is 2. The molecule has 1 aromatic carbocycles. The summed E-state index contributed by atoms with van der Waals surface area (Å²) in [5.41, 5.74) is 1.21. The molecule has 23 heavy (non-hydrogen) atoms. The van der Waals surface area contributed by atoms with Crippen LogP contribution in [0.4, 0.5) is 0 Å². The number of nitrogens with one attached hydrogen (secondary N) is 1. The van der Waals surface area contributed by atoms with Crippen molar-refractivity contribution in [2.24, 2.45) is 4.99 Å². The van der Waals surface area contributed by atoms with Gasteiger partial charge in [0.05, 0.1) is 20.2 Å². The number of hydrogen-bond acceptors (Lipinski definition) is 3. The van der Waals surface area contributed by atoms with Crippen LogP contribution in [0.5, 0.6) is 5.75 Å². The van der Waals surface area contributed by atoms with E-state index in [1.807, 2.05) is 36.1 Å². The first-order valence-corrected chi connectivity index (χ1v) is 7.82. The number of guanidine groups is 1. The van der Waals surface area contributed by atoms with E-state index >= 15 is 0 Å². The highest BCUT2D eigenvalue weighted by Gasteiger charge is 2.06. The summed E-state index contributed by atoms with van der Waals surface area (Å²) >= 11 is 0. The van der Waals surface area contributed by atoms with E-state index in [4.69, 9.17) is 4.74 Å². The van der Waals surface area contributed by atoms with Gasteiger partial charge in [-0.05, 0) is 30.7 Å². The van der Waals surface area contributed by atoms with Gasteiger partial charge in [-0.2, -0.15) is 5.10 Å². The summed E-state index contributed by atoms with van der Waals surface area (Å²) in [6.07, 6.45) is 3.73. The second-order valence-electron chi connectivity index (χ2n) is 5.21. The van der Waals surface area contributed by atoms with Crippen molar-refractivity contribution in [1.82, 2.24) is 20.0 Å². The quantitative estimate of drug-likeness (QED) is 0.627. The molecule has 0 aliphatic rings. The highest BCUT2D eigenvalue weighted by molar-refractivity contribution is 5.79. The monoisotopic (exact) mass is 315 g/mol. The molecule has 2 rings (SSSR count). The summed E-state index contributed by atoms with van der Waals surface area (Å²) < 4.78 is 7.08. The Bertz CT molecular complexity index is 592. The molecule has 0 unspecified atom stereocenters. The Balaban J connectivity index is 1.94. The van der Waals surface area contributed by atoms with Gasteiger partial charge in [0.1, 0.15) is 5.75 Å². The number of nitrogens with zero attached hydrogens (tertiary/aromatic N) is 4. The van der Waals surface area contributed by atoms with Crippen molar-refractivity contribution in [3.8, 4) is 5.75 Å². The van der Waals surface area contributed by atoms with Gasteiger partial charge in [0.25, 0.3) is 0 Å². The minimum absolute atomic E-state index is 0.691. The molecular weight excluding hydrogens is 290 g/mol. The second kappa shape index (κ2) is 8.82. The first kappa shape index (κ1) is 16.9. The Morgan fingerprint density at radius 1 is 1.35 bits per heavy atom. The summed E-state index contributed by atoms with van der Waals surface area (Å²) in [6.45, 7) is 5.17. The van der Waals surface area contributed by atoms with Crippen LogP contribution in [-0.2, 0) is 13.1 Å². The van der Waals surface area contributed by atoms with E-state index in [9.17, 15) is 0 Å². The van der Waals surface area contributed by atoms with Crippen molar-refractivity contribution in [2.45, 2.75) is 20.0 Å². The number of rotatable bonds is 7. The largest absolute Gasteiger partial charge is 0.497 e. The molecule has 0 amide bonds. The number of hydrogen-bond donors (Lipinski definition) is 1. The molecule has 124 valence electrons. The third-order valence-corrected chi connectivity index (χ3v) is 3.43. The molecule has 1 heterocycles. The maximum Gasteiger partial charge on any atom is 0.194 e. The van der Waals surface area contributed by atoms with Gasteiger partial charge in [-0.1, -0.05) is 12.1 Å². The van der Waals surface area contributed by atoms with Gasteiger partial charge in [-0.25, -0.2) is 0 Å². The Kier molecular flexibility index (Phi) is 6.47. The van der Waals surface area contributed by atoms with Crippen LogP contribution >= 0.6 is 0 Å². The van der Waals surface area contributed by atoms with Gasteiger partial charge in [0, 0.05) is 32.5 Å². The molecular formula is C17H25N5O. The van der Waals surface area contributed by atoms with Crippen LogP contribution in [0.3, 0.4) is 0 Å². The normalized spacial score (nSPS) is 11.3. The third-order valence-electron chi connectivity index (χ3n) is 3.43. The number of ether oxygens (including phenoxy) is 1. The van der Waals surface area contributed by atoms with Crippen molar-refractivity contribution in [3.05, 3.63) is 48.3 Å². The van der Waals surface area contributed by atoms with Crippen molar-refractivity contribution in [3.63, 3.8) is 0 Å². The fraction of sp³-hybridized carbons (Fsp3) is 0.412. The van der Waals surface area contributed by atoms with Gasteiger partial charge < -0.3 is 15.0 Å². The van der Waals surface area contributed by atoms with Gasteiger partial charge in [-0.15, -0.1) is 0 Å². The van der Waals surface area contributed by atoms with Crippen LogP contribution < -0.4 is 10.1 Å². The number of benzene rings is 1. The summed E-state index contributed by atoms with van der Waals surface area (Å²) in [6, 6.07) is 10.0. The summed E-state index contributed by atoms with van der Waals surface area (Å²) in [5.74, 6) is 1.77. The summed E-state index contributed by atoms with van der Waals surface area (Å²) in [7, 11) is 3.72. The second-order valence-corrected chi connectivity index (χ2v) is 5.21. The molecule has 0 saturated heterocycles. The Morgan fingerprint density at radius 2 is 2.13 bits per heavy atom. The van der Waals surface area contributed by atoms with Crippen LogP contribution in [0, 0.1) is 0 Å². The van der Waals surface area contributed by atoms with Crippen molar-refractivity contribution in [2.75, 3.05) is 27.2 Å². The third kappa shape index (κ3) is 5.32. The fourth-order valence-corrected chi connectivity index (χ4v) is 2.24. The zero-order valence-corrected chi connectivity index (χ0v) is 14.1. The first-order chi connectivity index (χ1) is 11.2. The molecule has 1 N–H and O–H groups in total. The van der Waals surface area contributed by atoms with Gasteiger partial charge in [0.2, 0.25) is 0 Å². The van der Waals surface area contributed by atoms with Crippen LogP contribution in [0.2, 0.25) is 0 Å². The SMILES string of the molecule is CCNC(=NCCn1cccn1)N(C)Cc1ccc(OC)cc1. The maximum absolute atomic E-state index is 5.19. The average Bonchev–Trinajstić information content (AvgIpc) is 3.08. The minimum atomic E-state index is 0.691. The minimum Gasteiger partial charge on any atom is -0.497 e. The summed E-state index contributed by atoms with van der Waals surface area (Å²) in [5, 5.41) is 7.52. The van der Waals surface area contributed by atoms with Crippen LogP contribution in [0.1, 0.15) is 12.5 Å². The van der Waals surface area contributed by atoms with E-state index in [0.29, 0.717) is 6.54 Å². The highest BCUT2D eigenvalue weighted by atomic mass is 16.5. The number of aliphatic imine (C=N–C) groups is 1. The molecule has 0 atom stereocenters. The molecule has 0 spiro atoms. The van der Waals surface area contributed by atoms with E-state index in [0.717, 1.165) is 31.3 Å². The molecule has 0 bridgehead atoms. The molecule has 0 aliphatic carbocycles. The van der Waals surface area contributed by atoms with Crippen molar-refractivity contribution >= 4 is 5.96 Å². The van der Waals surface area contributed by atoms with Crippen LogP contribution in [-0.4, -0.2) is 47.9 Å². The molecule has 6 heteroatoms. The Hall–Kier alpha value is -2.50. The van der Waals surface area contributed by atoms with Crippen LogP contribution in [0.25, 0.3) is 0 Å². The smallest absolute Gasteiger partial charge is 0.194 e. The van der Waals surface area contributed by atoms with E-state index in [1.54, 1.807) is 13.3 Å². The first-order valence-electron chi connectivity index (χ1n) is 7.82. The Labute approximate surface area is 137 Å². The lowest BCUT2D eigenvalue weighted by Crippen LogP contribution is -2.38. The molecule has 0 fully saturated rings. The lowest BCUT2D eigenvalue weighted by Gasteiger charge is -2.22. The molecule has 1 aromatic heterocycles. The molecule has 0 radical (unpaired) electrons. The molecule has 0 saturated carbocycles. The van der Waals surface area contributed by atoms with Gasteiger partial charge in [0.15, 0.2) is 5.96 Å². The van der Waals surface area contributed by atoms with Gasteiger partial charge in [-0.3, -0.25) is 9.67 Å². The van der Waals surface area contributed by atoms with E-state index in [2.05, 4.69) is 39.4 Å². The molecule has 6 nitrogen and oxygen atoms in total. The lowest BCUT2D eigenvalue weighted by molar-refractivity contribution is 0.414. The topological polar surface area (TPSA) is 54.7 Å². The molecule has 2 aromatic rings. The summed E-state index contributed by atoms with van der Waals surface area (Å²) in [4.78, 5) is 6.78. The fourth-order valence-electron chi connectivity index (χ4n) is 2.24. The predicted molar refractivity (Wildman–Crippen MR) is 92.7 cm³/mol. The molecule has 0 aliphatic heterocycles.